The van der Waals surface area contributed by atoms with Gasteiger partial charge in [0, 0.05) is 19.1 Å². The van der Waals surface area contributed by atoms with Gasteiger partial charge in [0.05, 0.1) is 5.92 Å². The van der Waals surface area contributed by atoms with Crippen molar-refractivity contribution in [3.05, 3.63) is 0 Å². The summed E-state index contributed by atoms with van der Waals surface area (Å²) in [5.74, 6) is -0.946. The molecule has 0 aliphatic carbocycles. The number of carboxylic acid groups (broad SMARTS) is 1. The van der Waals surface area contributed by atoms with Crippen LogP contribution in [0.3, 0.4) is 0 Å². The first kappa shape index (κ1) is 8.49. The number of nitrogens with one attached hydrogen (secondary N) is 1. The summed E-state index contributed by atoms with van der Waals surface area (Å²) in [5, 5.41) is 11.8. The van der Waals surface area contributed by atoms with Gasteiger partial charge in [0.15, 0.2) is 0 Å². The van der Waals surface area contributed by atoms with Crippen molar-refractivity contribution in [3.63, 3.8) is 0 Å². The molecule has 1 rings (SSSR count). The van der Waals surface area contributed by atoms with E-state index in [0.717, 1.165) is 6.54 Å². The second kappa shape index (κ2) is 3.19. The van der Waals surface area contributed by atoms with E-state index in [-0.39, 0.29) is 12.0 Å². The average molecular weight is 158 g/mol. The number of rotatable bonds is 2. The number of carboxylic acids is 1. The van der Waals surface area contributed by atoms with Crippen LogP contribution in [0.4, 0.5) is 0 Å². The van der Waals surface area contributed by atoms with Gasteiger partial charge in [0.2, 0.25) is 0 Å². The molecule has 0 aromatic heterocycles. The monoisotopic (exact) mass is 158 g/mol. The zero-order valence-electron chi connectivity index (χ0n) is 6.87. The van der Waals surface area contributed by atoms with Crippen LogP contribution >= 0.6 is 0 Å². The molecular formula is C7H14N2O2. The van der Waals surface area contributed by atoms with Gasteiger partial charge in [-0.1, -0.05) is 0 Å². The van der Waals surface area contributed by atoms with Crippen LogP contribution in [0.15, 0.2) is 0 Å². The molecule has 0 spiro atoms. The zero-order valence-corrected chi connectivity index (χ0v) is 6.87. The molecule has 0 radical (unpaired) electrons. The zero-order chi connectivity index (χ0) is 8.43. The topological polar surface area (TPSA) is 52.6 Å². The molecule has 0 aromatic carbocycles. The average Bonchev–Trinajstić information content (AvgIpc) is 2.30. The molecule has 4 heteroatoms. The number of likely N-dealkylation sites (tertiary alicyclic amines) is 1. The van der Waals surface area contributed by atoms with Crippen molar-refractivity contribution in [2.45, 2.75) is 6.04 Å². The van der Waals surface area contributed by atoms with Gasteiger partial charge < -0.3 is 15.3 Å². The number of hydrogen-bond donors (Lipinski definition) is 2. The Hall–Kier alpha value is -0.610. The van der Waals surface area contributed by atoms with Gasteiger partial charge in [0.1, 0.15) is 0 Å². The SMILES string of the molecule is CNC1CN(C)CC1C(=O)O. The molecule has 2 unspecified atom stereocenters. The molecule has 2 atom stereocenters. The normalized spacial score (nSPS) is 32.5. The highest BCUT2D eigenvalue weighted by Gasteiger charge is 2.34. The second-order valence-corrected chi connectivity index (χ2v) is 3.06. The van der Waals surface area contributed by atoms with E-state index < -0.39 is 5.97 Å². The van der Waals surface area contributed by atoms with Crippen LogP contribution in [-0.4, -0.2) is 49.2 Å². The Morgan fingerprint density at radius 2 is 2.27 bits per heavy atom. The standard InChI is InChI=1S/C7H14N2O2/c1-8-6-4-9(2)3-5(6)7(10)11/h5-6,8H,3-4H2,1-2H3,(H,10,11). The van der Waals surface area contributed by atoms with Gasteiger partial charge in [-0.15, -0.1) is 0 Å². The van der Waals surface area contributed by atoms with Gasteiger partial charge in [-0.2, -0.15) is 0 Å². The molecule has 11 heavy (non-hydrogen) atoms. The lowest BCUT2D eigenvalue weighted by molar-refractivity contribution is -0.141. The van der Waals surface area contributed by atoms with Crippen LogP contribution in [0, 0.1) is 5.92 Å². The predicted octanol–water partition coefficient (Wildman–Crippen LogP) is -0.779. The molecule has 4 nitrogen and oxygen atoms in total. The van der Waals surface area contributed by atoms with E-state index in [4.69, 9.17) is 5.11 Å². The molecule has 0 saturated carbocycles. The van der Waals surface area contributed by atoms with E-state index >= 15 is 0 Å². The van der Waals surface area contributed by atoms with Gasteiger partial charge in [-0.3, -0.25) is 4.79 Å². The van der Waals surface area contributed by atoms with Crippen molar-refractivity contribution in [3.8, 4) is 0 Å². The quantitative estimate of drug-likeness (QED) is 0.553. The number of nitrogens with zero attached hydrogens (tertiary/aromatic N) is 1. The van der Waals surface area contributed by atoms with Crippen molar-refractivity contribution < 1.29 is 9.90 Å². The highest BCUT2D eigenvalue weighted by atomic mass is 16.4. The Labute approximate surface area is 66.2 Å². The number of likely N-dealkylation sites (N-methyl/N-ethyl adjacent to an activating group) is 2. The van der Waals surface area contributed by atoms with E-state index in [9.17, 15) is 4.79 Å². The van der Waals surface area contributed by atoms with Gasteiger partial charge in [-0.25, -0.2) is 0 Å². The number of carbonyl (C=O) groups is 1. The number of aliphatic carboxylic acids is 1. The van der Waals surface area contributed by atoms with E-state index in [1.807, 2.05) is 11.9 Å². The highest BCUT2D eigenvalue weighted by Crippen LogP contribution is 2.14. The van der Waals surface area contributed by atoms with Gasteiger partial charge >= 0.3 is 5.97 Å². The smallest absolute Gasteiger partial charge is 0.309 e. The summed E-state index contributed by atoms with van der Waals surface area (Å²) >= 11 is 0. The highest BCUT2D eigenvalue weighted by molar-refractivity contribution is 5.71. The summed E-state index contributed by atoms with van der Waals surface area (Å²) in [6.45, 7) is 1.48. The molecule has 1 aliphatic rings. The third kappa shape index (κ3) is 1.70. The third-order valence-corrected chi connectivity index (χ3v) is 2.19. The first-order valence-electron chi connectivity index (χ1n) is 3.73. The van der Waals surface area contributed by atoms with E-state index in [0.29, 0.717) is 6.54 Å². The largest absolute Gasteiger partial charge is 0.481 e. The lowest BCUT2D eigenvalue weighted by Gasteiger charge is -2.12. The summed E-state index contributed by atoms with van der Waals surface area (Å²) in [5.41, 5.74) is 0. The Bertz CT molecular complexity index is 161. The van der Waals surface area contributed by atoms with E-state index in [1.54, 1.807) is 7.05 Å². The van der Waals surface area contributed by atoms with Crippen molar-refractivity contribution in [1.29, 1.82) is 0 Å². The van der Waals surface area contributed by atoms with Gasteiger partial charge in [0.25, 0.3) is 0 Å². The van der Waals surface area contributed by atoms with E-state index in [1.165, 1.54) is 0 Å². The van der Waals surface area contributed by atoms with Crippen molar-refractivity contribution in [2.24, 2.45) is 5.92 Å². The molecular weight excluding hydrogens is 144 g/mol. The molecule has 1 saturated heterocycles. The lowest BCUT2D eigenvalue weighted by atomic mass is 10.1. The molecule has 0 bridgehead atoms. The maximum absolute atomic E-state index is 10.6. The van der Waals surface area contributed by atoms with Crippen LogP contribution in [0.2, 0.25) is 0 Å². The first-order chi connectivity index (χ1) is 5.15. The molecule has 1 fully saturated rings. The van der Waals surface area contributed by atoms with Crippen LogP contribution in [0.1, 0.15) is 0 Å². The minimum atomic E-state index is -0.700. The Morgan fingerprint density at radius 3 is 2.64 bits per heavy atom. The molecule has 1 heterocycles. The van der Waals surface area contributed by atoms with Crippen LogP contribution in [0.5, 0.6) is 0 Å². The lowest BCUT2D eigenvalue weighted by Crippen LogP contribution is -2.36. The van der Waals surface area contributed by atoms with Crippen molar-refractivity contribution in [1.82, 2.24) is 10.2 Å². The Balaban J connectivity index is 2.57. The van der Waals surface area contributed by atoms with Crippen molar-refractivity contribution >= 4 is 5.97 Å². The fourth-order valence-electron chi connectivity index (χ4n) is 1.54. The summed E-state index contributed by atoms with van der Waals surface area (Å²) in [6, 6.07) is 0.109. The van der Waals surface area contributed by atoms with Crippen LogP contribution in [-0.2, 0) is 4.79 Å². The number of hydrogen-bond acceptors (Lipinski definition) is 3. The van der Waals surface area contributed by atoms with Crippen LogP contribution < -0.4 is 5.32 Å². The van der Waals surface area contributed by atoms with Gasteiger partial charge in [-0.05, 0) is 14.1 Å². The molecule has 0 aromatic rings. The first-order valence-corrected chi connectivity index (χ1v) is 3.73. The minimum absolute atomic E-state index is 0.109. The summed E-state index contributed by atoms with van der Waals surface area (Å²) in [7, 11) is 3.74. The third-order valence-electron chi connectivity index (χ3n) is 2.19. The van der Waals surface area contributed by atoms with Crippen LogP contribution in [0.25, 0.3) is 0 Å². The minimum Gasteiger partial charge on any atom is -0.481 e. The Kier molecular flexibility index (Phi) is 2.46. The molecule has 2 N–H and O–H groups in total. The maximum Gasteiger partial charge on any atom is 0.309 e. The molecule has 64 valence electrons. The fourth-order valence-corrected chi connectivity index (χ4v) is 1.54. The summed E-state index contributed by atoms with van der Waals surface area (Å²) in [4.78, 5) is 12.7. The second-order valence-electron chi connectivity index (χ2n) is 3.06. The van der Waals surface area contributed by atoms with E-state index in [2.05, 4.69) is 5.32 Å². The predicted molar refractivity (Wildman–Crippen MR) is 41.5 cm³/mol. The van der Waals surface area contributed by atoms with Crippen molar-refractivity contribution in [2.75, 3.05) is 27.2 Å². The maximum atomic E-state index is 10.6. The molecule has 0 amide bonds. The summed E-state index contributed by atoms with van der Waals surface area (Å²) < 4.78 is 0. The fraction of sp³-hybridized carbons (Fsp3) is 0.857. The summed E-state index contributed by atoms with van der Waals surface area (Å²) in [6.07, 6.45) is 0. The Morgan fingerprint density at radius 1 is 1.64 bits per heavy atom. The molecule has 1 aliphatic heterocycles.